The van der Waals surface area contributed by atoms with Crippen LogP contribution < -0.4 is 0 Å². The van der Waals surface area contributed by atoms with E-state index in [2.05, 4.69) is 10.1 Å². The molecule has 0 amide bonds. The molecule has 124 valence electrons. The summed E-state index contributed by atoms with van der Waals surface area (Å²) < 4.78 is 19.3. The molecule has 3 rings (SSSR count). The Hall–Kier alpha value is -1.18. The summed E-state index contributed by atoms with van der Waals surface area (Å²) >= 11 is 12.4. The van der Waals surface area contributed by atoms with Crippen LogP contribution in [0, 0.1) is 0 Å². The fourth-order valence-corrected chi connectivity index (χ4v) is 3.08. The lowest BCUT2D eigenvalue weighted by molar-refractivity contribution is -0.192. The molecular weight excluding hydrogens is 341 g/mol. The molecule has 0 N–H and O–H groups in total. The van der Waals surface area contributed by atoms with Crippen LogP contribution in [0.15, 0.2) is 30.9 Å². The number of hydrogen-bond acceptors (Lipinski definition) is 5. The average molecular weight is 358 g/mol. The van der Waals surface area contributed by atoms with Crippen molar-refractivity contribution in [2.75, 3.05) is 19.8 Å². The van der Waals surface area contributed by atoms with Gasteiger partial charge in [0.15, 0.2) is 0 Å². The third kappa shape index (κ3) is 3.67. The summed E-state index contributed by atoms with van der Waals surface area (Å²) in [6, 6.07) is 5.24. The molecule has 1 aliphatic heterocycles. The summed E-state index contributed by atoms with van der Waals surface area (Å²) in [5.74, 6) is -1.04. The second-order valence-corrected chi connectivity index (χ2v) is 6.02. The van der Waals surface area contributed by atoms with Crippen molar-refractivity contribution >= 4 is 23.2 Å². The second-order valence-electron chi connectivity index (χ2n) is 5.18. The molecule has 0 saturated carbocycles. The molecule has 1 fully saturated rings. The molecule has 1 aliphatic rings. The van der Waals surface area contributed by atoms with Gasteiger partial charge >= 0.3 is 0 Å². The largest absolute Gasteiger partial charge is 0.379 e. The highest BCUT2D eigenvalue weighted by Crippen LogP contribution is 2.40. The van der Waals surface area contributed by atoms with E-state index in [9.17, 15) is 0 Å². The molecule has 1 saturated heterocycles. The highest BCUT2D eigenvalue weighted by molar-refractivity contribution is 6.35. The van der Waals surface area contributed by atoms with Crippen molar-refractivity contribution in [2.45, 2.75) is 25.4 Å². The molecule has 23 heavy (non-hydrogen) atoms. The number of hydrogen-bond donors (Lipinski definition) is 0. The maximum absolute atomic E-state index is 6.37. The number of nitrogens with zero attached hydrogens (tertiary/aromatic N) is 3. The molecule has 0 radical (unpaired) electrons. The zero-order valence-electron chi connectivity index (χ0n) is 12.6. The topological polar surface area (TPSA) is 58.4 Å². The zero-order chi connectivity index (χ0) is 16.3. The summed E-state index contributed by atoms with van der Waals surface area (Å²) in [6.07, 6.45) is 2.89. The van der Waals surface area contributed by atoms with E-state index in [1.165, 1.54) is 6.33 Å². The summed E-state index contributed by atoms with van der Waals surface area (Å²) in [7, 11) is 0. The SMILES string of the molecule is CCOC[C@@H]1CO[C@@](Cn2cncn2)(c2ccc(Cl)cc2Cl)O1. The number of aromatic nitrogens is 3. The highest BCUT2D eigenvalue weighted by Gasteiger charge is 2.45. The molecule has 2 atom stereocenters. The molecule has 2 aromatic rings. The average Bonchev–Trinajstić information content (AvgIpc) is 3.16. The van der Waals surface area contributed by atoms with E-state index in [0.717, 1.165) is 0 Å². The molecule has 0 unspecified atom stereocenters. The van der Waals surface area contributed by atoms with E-state index in [4.69, 9.17) is 37.4 Å². The van der Waals surface area contributed by atoms with Crippen LogP contribution in [0.25, 0.3) is 0 Å². The molecule has 8 heteroatoms. The van der Waals surface area contributed by atoms with E-state index in [1.807, 2.05) is 13.0 Å². The van der Waals surface area contributed by atoms with Gasteiger partial charge in [0, 0.05) is 17.2 Å². The Morgan fingerprint density at radius 2 is 2.30 bits per heavy atom. The van der Waals surface area contributed by atoms with Gasteiger partial charge in [-0.1, -0.05) is 29.3 Å². The minimum Gasteiger partial charge on any atom is -0.379 e. The van der Waals surface area contributed by atoms with Gasteiger partial charge in [-0.05, 0) is 19.1 Å². The smallest absolute Gasteiger partial charge is 0.217 e. The summed E-state index contributed by atoms with van der Waals surface area (Å²) in [4.78, 5) is 3.96. The Bertz CT molecular complexity index is 653. The van der Waals surface area contributed by atoms with Crippen LogP contribution in [-0.2, 0) is 26.5 Å². The summed E-state index contributed by atoms with van der Waals surface area (Å²) in [5.41, 5.74) is 0.707. The number of benzene rings is 1. The van der Waals surface area contributed by atoms with Crippen molar-refractivity contribution in [3.63, 3.8) is 0 Å². The quantitative estimate of drug-likeness (QED) is 0.795. The lowest BCUT2D eigenvalue weighted by Gasteiger charge is -2.29. The predicted octanol–water partition coefficient (Wildman–Crippen LogP) is 2.89. The maximum Gasteiger partial charge on any atom is 0.217 e. The number of ether oxygens (including phenoxy) is 3. The van der Waals surface area contributed by atoms with Crippen molar-refractivity contribution in [2.24, 2.45) is 0 Å². The monoisotopic (exact) mass is 357 g/mol. The van der Waals surface area contributed by atoms with Crippen LogP contribution >= 0.6 is 23.2 Å². The fourth-order valence-electron chi connectivity index (χ4n) is 2.53. The van der Waals surface area contributed by atoms with Gasteiger partial charge in [-0.15, -0.1) is 0 Å². The summed E-state index contributed by atoms with van der Waals surface area (Å²) in [6.45, 7) is 3.76. The second kappa shape index (κ2) is 7.15. The van der Waals surface area contributed by atoms with Crippen molar-refractivity contribution in [3.05, 3.63) is 46.5 Å². The Kier molecular flexibility index (Phi) is 5.18. The number of rotatable bonds is 6. The van der Waals surface area contributed by atoms with E-state index in [-0.39, 0.29) is 6.10 Å². The third-order valence-corrected chi connectivity index (χ3v) is 4.09. The Morgan fingerprint density at radius 1 is 1.43 bits per heavy atom. The van der Waals surface area contributed by atoms with Crippen LogP contribution in [0.1, 0.15) is 12.5 Å². The molecule has 0 bridgehead atoms. The Morgan fingerprint density at radius 3 is 3.00 bits per heavy atom. The first kappa shape index (κ1) is 16.7. The van der Waals surface area contributed by atoms with E-state index in [1.54, 1.807) is 23.1 Å². The normalized spacial score (nSPS) is 24.2. The molecule has 1 aromatic carbocycles. The molecule has 0 spiro atoms. The fraction of sp³-hybridized carbons (Fsp3) is 0.467. The maximum atomic E-state index is 6.37. The van der Waals surface area contributed by atoms with Gasteiger partial charge in [0.2, 0.25) is 5.79 Å². The van der Waals surface area contributed by atoms with Crippen LogP contribution in [0.5, 0.6) is 0 Å². The Balaban J connectivity index is 1.91. The van der Waals surface area contributed by atoms with Crippen molar-refractivity contribution < 1.29 is 14.2 Å². The van der Waals surface area contributed by atoms with E-state index < -0.39 is 5.79 Å². The molecule has 6 nitrogen and oxygen atoms in total. The summed E-state index contributed by atoms with van der Waals surface area (Å²) in [5, 5.41) is 5.17. The minimum atomic E-state index is -1.04. The Labute approximate surface area is 144 Å². The first-order valence-corrected chi connectivity index (χ1v) is 8.06. The molecule has 2 heterocycles. The van der Waals surface area contributed by atoms with Crippen LogP contribution in [0.2, 0.25) is 10.0 Å². The molecular formula is C15H17Cl2N3O3. The standard InChI is InChI=1S/C15H17Cl2N3O3/c1-2-21-6-12-7-22-15(23-12,8-20-10-18-9-19-20)13-4-3-11(16)5-14(13)17/h3-5,9-10,12H,2,6-8H2,1H3/t12-,15-/m1/s1. The van der Waals surface area contributed by atoms with Crippen molar-refractivity contribution in [3.8, 4) is 0 Å². The van der Waals surface area contributed by atoms with Gasteiger partial charge in [0.05, 0.1) is 18.2 Å². The minimum absolute atomic E-state index is 0.176. The van der Waals surface area contributed by atoms with Crippen LogP contribution in [0.3, 0.4) is 0 Å². The third-order valence-electron chi connectivity index (χ3n) is 3.55. The van der Waals surface area contributed by atoms with Crippen molar-refractivity contribution in [1.29, 1.82) is 0 Å². The highest BCUT2D eigenvalue weighted by atomic mass is 35.5. The van der Waals surface area contributed by atoms with E-state index in [0.29, 0.717) is 42.0 Å². The van der Waals surface area contributed by atoms with Gasteiger partial charge in [-0.25, -0.2) is 9.67 Å². The lowest BCUT2D eigenvalue weighted by atomic mass is 10.1. The molecule has 0 aliphatic carbocycles. The van der Waals surface area contributed by atoms with Crippen molar-refractivity contribution in [1.82, 2.24) is 14.8 Å². The lowest BCUT2D eigenvalue weighted by Crippen LogP contribution is -2.34. The predicted molar refractivity (Wildman–Crippen MR) is 85.5 cm³/mol. The molecule has 1 aromatic heterocycles. The van der Waals surface area contributed by atoms with Gasteiger partial charge < -0.3 is 14.2 Å². The van der Waals surface area contributed by atoms with Gasteiger partial charge in [-0.2, -0.15) is 5.10 Å². The first-order valence-electron chi connectivity index (χ1n) is 7.30. The van der Waals surface area contributed by atoms with Gasteiger partial charge in [0.1, 0.15) is 25.3 Å². The van der Waals surface area contributed by atoms with Crippen LogP contribution in [-0.4, -0.2) is 40.7 Å². The van der Waals surface area contributed by atoms with E-state index >= 15 is 0 Å². The van der Waals surface area contributed by atoms with Gasteiger partial charge in [-0.3, -0.25) is 0 Å². The first-order chi connectivity index (χ1) is 11.1. The zero-order valence-corrected chi connectivity index (χ0v) is 14.1. The van der Waals surface area contributed by atoms with Gasteiger partial charge in [0.25, 0.3) is 0 Å². The van der Waals surface area contributed by atoms with Crippen LogP contribution in [0.4, 0.5) is 0 Å². The number of halogens is 2.